The highest BCUT2D eigenvalue weighted by Gasteiger charge is 2.09. The summed E-state index contributed by atoms with van der Waals surface area (Å²) in [4.78, 5) is 42.4. The molecule has 0 spiro atoms. The molecule has 9 heteroatoms. The molecule has 2 aromatic heterocycles. The van der Waals surface area contributed by atoms with Crippen molar-refractivity contribution >= 4 is 45.0 Å². The molecule has 1 amide bonds. The van der Waals surface area contributed by atoms with E-state index in [4.69, 9.17) is 16.3 Å². The van der Waals surface area contributed by atoms with Crippen molar-refractivity contribution in [3.05, 3.63) is 62.5 Å². The fourth-order valence-corrected chi connectivity index (χ4v) is 3.20. The van der Waals surface area contributed by atoms with Gasteiger partial charge in [-0.2, -0.15) is 0 Å². The number of fused-ring (bicyclic) bond motifs is 1. The van der Waals surface area contributed by atoms with E-state index >= 15 is 0 Å². The van der Waals surface area contributed by atoms with Crippen molar-refractivity contribution in [3.63, 3.8) is 0 Å². The van der Waals surface area contributed by atoms with Crippen LogP contribution < -0.4 is 10.9 Å². The van der Waals surface area contributed by atoms with E-state index in [1.165, 1.54) is 11.3 Å². The van der Waals surface area contributed by atoms with E-state index in [1.54, 1.807) is 35.7 Å². The van der Waals surface area contributed by atoms with E-state index < -0.39 is 5.97 Å². The van der Waals surface area contributed by atoms with Gasteiger partial charge in [-0.1, -0.05) is 11.6 Å². The molecule has 0 bridgehead atoms. The molecule has 1 aromatic carbocycles. The highest BCUT2D eigenvalue weighted by molar-refractivity contribution is 7.17. The number of carbonyl (C=O) groups is 2. The second-order valence-electron chi connectivity index (χ2n) is 5.67. The molecule has 27 heavy (non-hydrogen) atoms. The molecular weight excluding hydrogens is 390 g/mol. The van der Waals surface area contributed by atoms with Gasteiger partial charge in [-0.3, -0.25) is 14.4 Å². The maximum Gasteiger partial charge on any atom is 0.306 e. The summed E-state index contributed by atoms with van der Waals surface area (Å²) < 4.78 is 5.66. The number of nitrogens with zero attached hydrogens (tertiary/aromatic N) is 1. The number of amides is 1. The minimum Gasteiger partial charge on any atom is -0.458 e. The Morgan fingerprint density at radius 3 is 2.78 bits per heavy atom. The zero-order valence-corrected chi connectivity index (χ0v) is 15.7. The molecule has 0 fully saturated rings. The number of H-pyrrole nitrogens is 1. The number of esters is 1. The summed E-state index contributed by atoms with van der Waals surface area (Å²) in [6.45, 7) is 0.240. The lowest BCUT2D eigenvalue weighted by Gasteiger charge is -2.06. The predicted molar refractivity (Wildman–Crippen MR) is 103 cm³/mol. The molecule has 0 radical (unpaired) electrons. The second kappa shape index (κ2) is 8.79. The second-order valence-corrected chi connectivity index (χ2v) is 7.03. The molecule has 0 atom stereocenters. The van der Waals surface area contributed by atoms with Crippen LogP contribution in [0.3, 0.4) is 0 Å². The molecular formula is C18H16ClN3O4S. The van der Waals surface area contributed by atoms with E-state index in [9.17, 15) is 14.4 Å². The van der Waals surface area contributed by atoms with Crippen LogP contribution in [0.2, 0.25) is 5.02 Å². The Bertz CT molecular complexity index is 1010. The molecule has 0 aliphatic rings. The van der Waals surface area contributed by atoms with E-state index in [2.05, 4.69) is 15.3 Å². The normalized spacial score (nSPS) is 10.7. The van der Waals surface area contributed by atoms with Crippen molar-refractivity contribution in [2.45, 2.75) is 19.4 Å². The quantitative estimate of drug-likeness (QED) is 0.465. The maximum atomic E-state index is 11.9. The molecule has 0 aliphatic carbocycles. The molecule has 2 heterocycles. The zero-order chi connectivity index (χ0) is 19.2. The third-order valence-corrected chi connectivity index (χ3v) is 4.84. The van der Waals surface area contributed by atoms with E-state index in [0.29, 0.717) is 39.6 Å². The molecule has 0 saturated carbocycles. The van der Waals surface area contributed by atoms with Crippen molar-refractivity contribution < 1.29 is 14.3 Å². The Morgan fingerprint density at radius 1 is 1.22 bits per heavy atom. The summed E-state index contributed by atoms with van der Waals surface area (Å²) in [5.41, 5.74) is 0.839. The Labute approximate surface area is 163 Å². The van der Waals surface area contributed by atoms with Gasteiger partial charge in [0.1, 0.15) is 17.1 Å². The van der Waals surface area contributed by atoms with Crippen LogP contribution in [0, 0.1) is 0 Å². The minimum absolute atomic E-state index is 0.100. The molecule has 0 unspecified atom stereocenters. The smallest absolute Gasteiger partial charge is 0.306 e. The molecule has 0 saturated heterocycles. The number of halogens is 1. The van der Waals surface area contributed by atoms with Crippen LogP contribution in [0.25, 0.3) is 10.2 Å². The average molecular weight is 406 g/mol. The number of hydrogen-bond acceptors (Lipinski definition) is 6. The van der Waals surface area contributed by atoms with Crippen molar-refractivity contribution in [3.8, 4) is 0 Å². The number of nitrogens with one attached hydrogen (secondary N) is 2. The Kier molecular flexibility index (Phi) is 6.20. The van der Waals surface area contributed by atoms with Gasteiger partial charge in [0.2, 0.25) is 0 Å². The molecule has 140 valence electrons. The number of aromatic nitrogens is 2. The largest absolute Gasteiger partial charge is 0.458 e. The van der Waals surface area contributed by atoms with Crippen LogP contribution in [-0.2, 0) is 16.1 Å². The third kappa shape index (κ3) is 5.15. The summed E-state index contributed by atoms with van der Waals surface area (Å²) in [6.07, 6.45) is 0.581. The summed E-state index contributed by atoms with van der Waals surface area (Å²) in [5, 5.41) is 5.06. The summed E-state index contributed by atoms with van der Waals surface area (Å²) >= 11 is 7.08. The SMILES string of the molecule is O=C(CCCNC(=O)c1ccc(Cl)cc1)OCc1nc2ccsc2c(=O)[nH]1. The lowest BCUT2D eigenvalue weighted by atomic mass is 10.2. The van der Waals surface area contributed by atoms with Gasteiger partial charge < -0.3 is 15.0 Å². The van der Waals surface area contributed by atoms with Crippen LogP contribution in [0.1, 0.15) is 29.0 Å². The Morgan fingerprint density at radius 2 is 2.00 bits per heavy atom. The van der Waals surface area contributed by atoms with E-state index in [-0.39, 0.29) is 24.5 Å². The number of hydrogen-bond donors (Lipinski definition) is 2. The summed E-state index contributed by atoms with van der Waals surface area (Å²) in [5.74, 6) is -0.357. The number of thiophene rings is 1. The van der Waals surface area contributed by atoms with Crippen LogP contribution in [0.5, 0.6) is 0 Å². The Balaban J connectivity index is 1.39. The van der Waals surface area contributed by atoms with Crippen molar-refractivity contribution in [1.82, 2.24) is 15.3 Å². The van der Waals surface area contributed by atoms with Crippen molar-refractivity contribution in [2.75, 3.05) is 6.54 Å². The molecule has 7 nitrogen and oxygen atoms in total. The number of ether oxygens (including phenoxy) is 1. The first kappa shape index (κ1) is 19.1. The first-order chi connectivity index (χ1) is 13.0. The van der Waals surface area contributed by atoms with Gasteiger partial charge in [0.15, 0.2) is 0 Å². The zero-order valence-electron chi connectivity index (χ0n) is 14.2. The van der Waals surface area contributed by atoms with Crippen molar-refractivity contribution in [2.24, 2.45) is 0 Å². The topological polar surface area (TPSA) is 101 Å². The average Bonchev–Trinajstić information content (AvgIpc) is 3.13. The molecule has 0 aliphatic heterocycles. The fourth-order valence-electron chi connectivity index (χ4n) is 2.35. The van der Waals surface area contributed by atoms with Gasteiger partial charge in [-0.25, -0.2) is 4.98 Å². The van der Waals surface area contributed by atoms with Crippen LogP contribution >= 0.6 is 22.9 Å². The van der Waals surface area contributed by atoms with Gasteiger partial charge in [0.05, 0.1) is 5.52 Å². The molecule has 3 rings (SSSR count). The lowest BCUT2D eigenvalue weighted by molar-refractivity contribution is -0.145. The first-order valence-corrected chi connectivity index (χ1v) is 9.44. The first-order valence-electron chi connectivity index (χ1n) is 8.19. The molecule has 3 aromatic rings. The van der Waals surface area contributed by atoms with Crippen LogP contribution in [0.4, 0.5) is 0 Å². The third-order valence-electron chi connectivity index (χ3n) is 3.68. The van der Waals surface area contributed by atoms with Crippen LogP contribution in [-0.4, -0.2) is 28.4 Å². The molecule has 2 N–H and O–H groups in total. The number of rotatable bonds is 7. The van der Waals surface area contributed by atoms with Crippen LogP contribution in [0.15, 0.2) is 40.5 Å². The van der Waals surface area contributed by atoms with Gasteiger partial charge in [-0.15, -0.1) is 11.3 Å². The highest BCUT2D eigenvalue weighted by atomic mass is 35.5. The number of aromatic amines is 1. The summed E-state index contributed by atoms with van der Waals surface area (Å²) in [6, 6.07) is 8.28. The minimum atomic E-state index is -0.427. The Hall–Kier alpha value is -2.71. The summed E-state index contributed by atoms with van der Waals surface area (Å²) in [7, 11) is 0. The number of benzene rings is 1. The van der Waals surface area contributed by atoms with Gasteiger partial charge in [0, 0.05) is 23.6 Å². The lowest BCUT2D eigenvalue weighted by Crippen LogP contribution is -2.25. The van der Waals surface area contributed by atoms with Gasteiger partial charge >= 0.3 is 5.97 Å². The van der Waals surface area contributed by atoms with Gasteiger partial charge in [0.25, 0.3) is 11.5 Å². The highest BCUT2D eigenvalue weighted by Crippen LogP contribution is 2.14. The van der Waals surface area contributed by atoms with E-state index in [1.807, 2.05) is 0 Å². The standard InChI is InChI=1S/C18H16ClN3O4S/c19-12-5-3-11(4-6-12)17(24)20-8-1-2-15(23)26-10-14-21-13-7-9-27-16(13)18(25)22-14/h3-7,9H,1-2,8,10H2,(H,20,24)(H,21,22,25). The monoisotopic (exact) mass is 405 g/mol. The predicted octanol–water partition coefficient (Wildman–Crippen LogP) is 2.89. The van der Waals surface area contributed by atoms with E-state index in [0.717, 1.165) is 0 Å². The fraction of sp³-hybridized carbons (Fsp3) is 0.222. The number of carbonyl (C=O) groups excluding carboxylic acids is 2. The maximum absolute atomic E-state index is 11.9. The van der Waals surface area contributed by atoms with Crippen molar-refractivity contribution in [1.29, 1.82) is 0 Å². The van der Waals surface area contributed by atoms with Gasteiger partial charge in [-0.05, 0) is 42.1 Å².